The molecule has 4 nitrogen and oxygen atoms in total. The van der Waals surface area contributed by atoms with Gasteiger partial charge in [0.05, 0.1) is 0 Å². The molecule has 0 fully saturated rings. The molecule has 0 radical (unpaired) electrons. The second kappa shape index (κ2) is 8.02. The molecule has 0 unspecified atom stereocenters. The predicted molar refractivity (Wildman–Crippen MR) is 104 cm³/mol. The van der Waals surface area contributed by atoms with Crippen molar-refractivity contribution in [2.75, 3.05) is 13.6 Å². The first-order valence-electron chi connectivity index (χ1n) is 8.91. The quantitative estimate of drug-likeness (QED) is 0.805. The molecule has 2 rings (SSSR count). The van der Waals surface area contributed by atoms with Gasteiger partial charge in [0.1, 0.15) is 6.10 Å². The normalized spacial score (nSPS) is 13.5. The Bertz CT molecular complexity index is 668. The lowest BCUT2D eigenvalue weighted by Crippen LogP contribution is -2.45. The number of rotatable bonds is 6. The Morgan fingerprint density at radius 3 is 1.81 bits per heavy atom. The molecule has 0 aliphatic rings. The van der Waals surface area contributed by atoms with E-state index in [4.69, 9.17) is 4.74 Å². The van der Waals surface area contributed by atoms with Gasteiger partial charge >= 0.3 is 5.97 Å². The number of hydrogen-bond donors (Lipinski definition) is 1. The lowest BCUT2D eigenvalue weighted by atomic mass is 9.86. The van der Waals surface area contributed by atoms with Crippen LogP contribution in [-0.4, -0.2) is 41.2 Å². The van der Waals surface area contributed by atoms with Crippen molar-refractivity contribution >= 4 is 5.97 Å². The molecule has 0 aliphatic carbocycles. The first-order valence-corrected chi connectivity index (χ1v) is 8.91. The first-order chi connectivity index (χ1) is 12.2. The molecule has 1 atom stereocenters. The van der Waals surface area contributed by atoms with E-state index in [0.717, 1.165) is 0 Å². The average Bonchev–Trinajstić information content (AvgIpc) is 2.61. The first kappa shape index (κ1) is 20.1. The Morgan fingerprint density at radius 1 is 1.00 bits per heavy atom. The van der Waals surface area contributed by atoms with Gasteiger partial charge < -0.3 is 9.84 Å². The summed E-state index contributed by atoms with van der Waals surface area (Å²) in [7, 11) is 1.99. The van der Waals surface area contributed by atoms with Crippen LogP contribution in [0, 0.1) is 0 Å². The molecular formula is C22H29NO3. The van der Waals surface area contributed by atoms with Crippen LogP contribution in [0.1, 0.15) is 38.8 Å². The number of esters is 1. The molecule has 0 saturated carbocycles. The molecule has 0 aliphatic heterocycles. The molecule has 0 saturated heterocycles. The van der Waals surface area contributed by atoms with E-state index < -0.39 is 11.6 Å². The van der Waals surface area contributed by atoms with E-state index >= 15 is 0 Å². The van der Waals surface area contributed by atoms with Crippen molar-refractivity contribution < 1.29 is 14.6 Å². The average molecular weight is 355 g/mol. The third-order valence-electron chi connectivity index (χ3n) is 4.66. The molecule has 0 amide bonds. The highest BCUT2D eigenvalue weighted by Crippen LogP contribution is 2.31. The van der Waals surface area contributed by atoms with E-state index in [-0.39, 0.29) is 11.6 Å². The lowest BCUT2D eigenvalue weighted by Gasteiger charge is -2.35. The molecule has 26 heavy (non-hydrogen) atoms. The van der Waals surface area contributed by atoms with Crippen molar-refractivity contribution in [1.82, 2.24) is 4.90 Å². The minimum atomic E-state index is -1.84. The van der Waals surface area contributed by atoms with Crippen molar-refractivity contribution in [1.29, 1.82) is 0 Å². The highest BCUT2D eigenvalue weighted by molar-refractivity contribution is 5.85. The van der Waals surface area contributed by atoms with Crippen LogP contribution >= 0.6 is 0 Å². The number of hydrogen-bond acceptors (Lipinski definition) is 4. The van der Waals surface area contributed by atoms with Crippen LogP contribution in [0.5, 0.6) is 0 Å². The summed E-state index contributed by atoms with van der Waals surface area (Å²) >= 11 is 0. The molecule has 140 valence electrons. The Labute approximate surface area is 156 Å². The van der Waals surface area contributed by atoms with E-state index in [9.17, 15) is 9.90 Å². The van der Waals surface area contributed by atoms with Gasteiger partial charge in [0.15, 0.2) is 0 Å². The van der Waals surface area contributed by atoms with Crippen LogP contribution in [0.4, 0.5) is 0 Å². The van der Waals surface area contributed by atoms with Crippen molar-refractivity contribution in [3.05, 3.63) is 71.8 Å². The molecule has 0 spiro atoms. The van der Waals surface area contributed by atoms with Gasteiger partial charge in [-0.05, 0) is 45.9 Å². The number of nitrogens with zero attached hydrogens (tertiary/aromatic N) is 1. The fourth-order valence-electron chi connectivity index (χ4n) is 2.73. The summed E-state index contributed by atoms with van der Waals surface area (Å²) in [4.78, 5) is 15.1. The summed E-state index contributed by atoms with van der Waals surface area (Å²) in [6, 6.07) is 17.8. The van der Waals surface area contributed by atoms with Crippen LogP contribution in [0.3, 0.4) is 0 Å². The smallest absolute Gasteiger partial charge is 0.348 e. The van der Waals surface area contributed by atoms with Gasteiger partial charge in [-0.3, -0.25) is 4.90 Å². The highest BCUT2D eigenvalue weighted by Gasteiger charge is 2.42. The van der Waals surface area contributed by atoms with Crippen LogP contribution in [0.15, 0.2) is 60.7 Å². The molecule has 0 bridgehead atoms. The minimum absolute atomic E-state index is 0.0319. The zero-order chi connectivity index (χ0) is 19.4. The largest absolute Gasteiger partial charge is 0.459 e. The topological polar surface area (TPSA) is 49.8 Å². The Balaban J connectivity index is 2.28. The molecular weight excluding hydrogens is 326 g/mol. The van der Waals surface area contributed by atoms with Crippen LogP contribution in [-0.2, 0) is 15.1 Å². The van der Waals surface area contributed by atoms with E-state index in [1.54, 1.807) is 48.5 Å². The minimum Gasteiger partial charge on any atom is -0.459 e. The van der Waals surface area contributed by atoms with Gasteiger partial charge in [-0.25, -0.2) is 4.79 Å². The van der Waals surface area contributed by atoms with Gasteiger partial charge in [-0.15, -0.1) is 0 Å². The third kappa shape index (κ3) is 4.51. The number of aliphatic hydroxyl groups is 1. The SMILES string of the molecule is C[C@@H](CN(C)C(C)(C)C)OC(=O)C(O)(c1ccccc1)c1ccccc1. The standard InChI is InChI=1S/C22H29NO3/c1-17(16-23(5)21(2,3)4)26-20(24)22(25,18-12-8-6-9-13-18)19-14-10-7-11-15-19/h6-15,17,25H,16H2,1-5H3/t17-/m0/s1. The number of carbonyl (C=O) groups is 1. The lowest BCUT2D eigenvalue weighted by molar-refractivity contribution is -0.168. The fraction of sp³-hybridized carbons (Fsp3) is 0.409. The summed E-state index contributed by atoms with van der Waals surface area (Å²) in [6.45, 7) is 8.73. The van der Waals surface area contributed by atoms with E-state index in [0.29, 0.717) is 17.7 Å². The molecule has 4 heteroatoms. The molecule has 2 aromatic carbocycles. The molecule has 0 heterocycles. The highest BCUT2D eigenvalue weighted by atomic mass is 16.6. The van der Waals surface area contributed by atoms with E-state index in [1.807, 2.05) is 26.1 Å². The number of ether oxygens (including phenoxy) is 1. The van der Waals surface area contributed by atoms with Gasteiger partial charge in [0.2, 0.25) is 5.60 Å². The second-order valence-electron chi connectivity index (χ2n) is 7.71. The zero-order valence-electron chi connectivity index (χ0n) is 16.3. The zero-order valence-corrected chi connectivity index (χ0v) is 16.3. The van der Waals surface area contributed by atoms with Gasteiger partial charge in [-0.1, -0.05) is 60.7 Å². The van der Waals surface area contributed by atoms with Crippen LogP contribution in [0.25, 0.3) is 0 Å². The summed E-state index contributed by atoms with van der Waals surface area (Å²) in [5, 5.41) is 11.4. The van der Waals surface area contributed by atoms with Crippen molar-refractivity contribution in [2.24, 2.45) is 0 Å². The van der Waals surface area contributed by atoms with Crippen molar-refractivity contribution in [3.63, 3.8) is 0 Å². The predicted octanol–water partition coefficient (Wildman–Crippen LogP) is 3.58. The summed E-state index contributed by atoms with van der Waals surface area (Å²) in [5.41, 5.74) is -0.882. The summed E-state index contributed by atoms with van der Waals surface area (Å²) in [5.74, 6) is -0.662. The van der Waals surface area contributed by atoms with Crippen molar-refractivity contribution in [2.45, 2.75) is 44.9 Å². The van der Waals surface area contributed by atoms with Gasteiger partial charge in [0, 0.05) is 12.1 Å². The second-order valence-corrected chi connectivity index (χ2v) is 7.71. The Hall–Kier alpha value is -2.17. The third-order valence-corrected chi connectivity index (χ3v) is 4.66. The van der Waals surface area contributed by atoms with Crippen LogP contribution < -0.4 is 0 Å². The Morgan fingerprint density at radius 2 is 1.42 bits per heavy atom. The van der Waals surface area contributed by atoms with Crippen molar-refractivity contribution in [3.8, 4) is 0 Å². The number of benzene rings is 2. The van der Waals surface area contributed by atoms with Gasteiger partial charge in [-0.2, -0.15) is 0 Å². The maximum Gasteiger partial charge on any atom is 0.348 e. The summed E-state index contributed by atoms with van der Waals surface area (Å²) < 4.78 is 5.66. The maximum atomic E-state index is 13.0. The van der Waals surface area contributed by atoms with Crippen LogP contribution in [0.2, 0.25) is 0 Å². The molecule has 1 N–H and O–H groups in total. The monoisotopic (exact) mass is 355 g/mol. The van der Waals surface area contributed by atoms with E-state index in [2.05, 4.69) is 25.7 Å². The maximum absolute atomic E-state index is 13.0. The molecule has 0 aromatic heterocycles. The fourth-order valence-corrected chi connectivity index (χ4v) is 2.73. The number of likely N-dealkylation sites (N-methyl/N-ethyl adjacent to an activating group) is 1. The Kier molecular flexibility index (Phi) is 6.21. The van der Waals surface area contributed by atoms with E-state index in [1.165, 1.54) is 0 Å². The molecule has 2 aromatic rings. The summed E-state index contributed by atoms with van der Waals surface area (Å²) in [6.07, 6.45) is -0.356. The van der Waals surface area contributed by atoms with Gasteiger partial charge in [0.25, 0.3) is 0 Å². The number of carbonyl (C=O) groups excluding carboxylic acids is 1.